The lowest BCUT2D eigenvalue weighted by Gasteiger charge is -2.22. The molecule has 2 aromatic carbocycles. The molecule has 280 valence electrons. The summed E-state index contributed by atoms with van der Waals surface area (Å²) in [6.07, 6.45) is 8.95. The summed E-state index contributed by atoms with van der Waals surface area (Å²) >= 11 is 3.51. The van der Waals surface area contributed by atoms with Gasteiger partial charge in [-0.15, -0.1) is 0 Å². The van der Waals surface area contributed by atoms with Crippen LogP contribution in [0.15, 0.2) is 89.6 Å². The first-order chi connectivity index (χ1) is 25.8. The number of aliphatic hydroxyl groups excluding tert-OH is 2. The number of alkyl carbamates (subject to hydrolysis) is 1. The topological polar surface area (TPSA) is 165 Å². The van der Waals surface area contributed by atoms with E-state index < -0.39 is 37.0 Å². The highest BCUT2D eigenvalue weighted by Crippen LogP contribution is 2.44. The summed E-state index contributed by atoms with van der Waals surface area (Å²) in [4.78, 5) is 49.6. The number of benzene rings is 2. The number of carbonyl (C=O) groups is 3. The third-order valence-electron chi connectivity index (χ3n) is 9.66. The molecule has 14 heteroatoms. The number of alkyl halides is 1. The van der Waals surface area contributed by atoms with Crippen molar-refractivity contribution in [1.29, 1.82) is 0 Å². The number of esters is 1. The van der Waals surface area contributed by atoms with E-state index in [0.717, 1.165) is 22.3 Å². The number of unbranched alkanes of at least 4 members (excludes halogenated alkanes) is 1. The molecule has 3 N–H and O–H groups in total. The number of fused-ring (bicyclic) bond motifs is 3. The highest BCUT2D eigenvalue weighted by Gasteiger charge is 2.31. The molecule has 4 atom stereocenters. The van der Waals surface area contributed by atoms with Crippen LogP contribution in [-0.2, 0) is 23.8 Å². The molecule has 53 heavy (non-hydrogen) atoms. The third-order valence-corrected chi connectivity index (χ3v) is 10.3. The Labute approximate surface area is 316 Å². The van der Waals surface area contributed by atoms with Gasteiger partial charge in [-0.1, -0.05) is 82.7 Å². The molecule has 1 saturated heterocycles. The number of nitrogens with zero attached hydrogens (tertiary/aromatic N) is 4. The summed E-state index contributed by atoms with van der Waals surface area (Å²) in [5, 5.41) is 22.5. The van der Waals surface area contributed by atoms with Gasteiger partial charge in [0.2, 0.25) is 5.62 Å². The van der Waals surface area contributed by atoms with Crippen molar-refractivity contribution in [1.82, 2.24) is 14.9 Å². The summed E-state index contributed by atoms with van der Waals surface area (Å²) in [6, 6.07) is 16.8. The molecule has 1 aromatic heterocycles. The fourth-order valence-corrected chi connectivity index (χ4v) is 7.23. The summed E-state index contributed by atoms with van der Waals surface area (Å²) < 4.78 is 18.4. The minimum Gasteiger partial charge on any atom is -0.467 e. The van der Waals surface area contributed by atoms with Crippen LogP contribution in [0.1, 0.15) is 61.8 Å². The van der Waals surface area contributed by atoms with Crippen molar-refractivity contribution in [3.05, 3.63) is 101 Å². The summed E-state index contributed by atoms with van der Waals surface area (Å²) in [6.45, 7) is -0.270. The number of aromatic nitrogens is 2. The van der Waals surface area contributed by atoms with Gasteiger partial charge in [0.1, 0.15) is 31.4 Å². The summed E-state index contributed by atoms with van der Waals surface area (Å²) in [7, 11) is 1.27. The van der Waals surface area contributed by atoms with Crippen molar-refractivity contribution in [2.75, 3.05) is 38.5 Å². The van der Waals surface area contributed by atoms with Crippen LogP contribution in [0.4, 0.5) is 10.6 Å². The molecular weight excluding hydrogens is 746 g/mol. The molecule has 6 rings (SSSR count). The molecular formula is C39H44BrN5O8. The molecule has 2 aliphatic carbocycles. The molecule has 1 unspecified atom stereocenters. The van der Waals surface area contributed by atoms with Crippen molar-refractivity contribution >= 4 is 39.7 Å². The average molecular weight is 791 g/mol. The van der Waals surface area contributed by atoms with Crippen molar-refractivity contribution in [2.24, 2.45) is 4.99 Å². The largest absolute Gasteiger partial charge is 0.467 e. The van der Waals surface area contributed by atoms with Crippen LogP contribution in [0.5, 0.6) is 0 Å². The maximum Gasteiger partial charge on any atom is 0.407 e. The van der Waals surface area contributed by atoms with Gasteiger partial charge in [-0.25, -0.2) is 9.59 Å². The Morgan fingerprint density at radius 1 is 1.08 bits per heavy atom. The van der Waals surface area contributed by atoms with Crippen LogP contribution < -0.4 is 15.8 Å². The van der Waals surface area contributed by atoms with Gasteiger partial charge >= 0.3 is 12.1 Å². The van der Waals surface area contributed by atoms with Gasteiger partial charge in [-0.05, 0) is 66.8 Å². The highest BCUT2D eigenvalue weighted by molar-refractivity contribution is 9.09. The smallest absolute Gasteiger partial charge is 0.407 e. The van der Waals surface area contributed by atoms with E-state index >= 15 is 0 Å². The summed E-state index contributed by atoms with van der Waals surface area (Å²) in [5.74, 6) is -0.869. The molecule has 0 radical (unpaired) electrons. The average Bonchev–Trinajstić information content (AvgIpc) is 3.79. The van der Waals surface area contributed by atoms with Crippen molar-refractivity contribution in [3.63, 3.8) is 0 Å². The van der Waals surface area contributed by atoms with E-state index in [0.29, 0.717) is 44.2 Å². The monoisotopic (exact) mass is 789 g/mol. The van der Waals surface area contributed by atoms with Gasteiger partial charge in [0.25, 0.3) is 5.91 Å². The number of aliphatic hydroxyl groups is 2. The second-order valence-electron chi connectivity index (χ2n) is 13.0. The quantitative estimate of drug-likeness (QED) is 0.0914. The van der Waals surface area contributed by atoms with E-state index in [4.69, 9.17) is 19.2 Å². The number of methoxy groups -OCH3 is 1. The first-order valence-electron chi connectivity index (χ1n) is 17.8. The second kappa shape index (κ2) is 17.9. The summed E-state index contributed by atoms with van der Waals surface area (Å²) in [5.41, 5.74) is 5.15. The molecule has 0 spiro atoms. The maximum absolute atomic E-state index is 13.3. The lowest BCUT2D eigenvalue weighted by Crippen LogP contribution is -2.42. The molecule has 2 amide bonds. The Kier molecular flexibility index (Phi) is 12.9. The number of hydrogen-bond donors (Lipinski definition) is 3. The Morgan fingerprint density at radius 2 is 1.81 bits per heavy atom. The van der Waals surface area contributed by atoms with Crippen LogP contribution in [0.3, 0.4) is 0 Å². The number of nitrogens with one attached hydrogen (secondary N) is 1. The van der Waals surface area contributed by atoms with E-state index in [2.05, 4.69) is 38.4 Å². The Balaban J connectivity index is 1.09. The second-order valence-corrected chi connectivity index (χ2v) is 14.2. The van der Waals surface area contributed by atoms with E-state index in [9.17, 15) is 24.6 Å². The van der Waals surface area contributed by atoms with Crippen LogP contribution in [0, 0.1) is 0 Å². The number of carbonyl (C=O) groups excluding carboxylic acids is 3. The molecule has 1 aliphatic heterocycles. The fourth-order valence-electron chi connectivity index (χ4n) is 6.89. The number of halogens is 1. The molecule has 13 nitrogen and oxygen atoms in total. The number of rotatable bonds is 14. The first-order valence-corrected chi connectivity index (χ1v) is 18.7. The van der Waals surface area contributed by atoms with Gasteiger partial charge in [0, 0.05) is 29.1 Å². The predicted octanol–water partition coefficient (Wildman–Crippen LogP) is 4.64. The van der Waals surface area contributed by atoms with Gasteiger partial charge in [0.15, 0.2) is 0 Å². The van der Waals surface area contributed by atoms with Gasteiger partial charge in [0.05, 0.1) is 19.8 Å². The highest BCUT2D eigenvalue weighted by atomic mass is 79.9. The predicted molar refractivity (Wildman–Crippen MR) is 200 cm³/mol. The molecule has 0 saturated carbocycles. The first kappa shape index (κ1) is 38.1. The Hall–Kier alpha value is -4.63. The van der Waals surface area contributed by atoms with Crippen LogP contribution in [0.25, 0.3) is 11.1 Å². The minimum atomic E-state index is -0.920. The van der Waals surface area contributed by atoms with Gasteiger partial charge < -0.3 is 29.7 Å². The maximum atomic E-state index is 13.3. The third kappa shape index (κ3) is 8.95. The van der Waals surface area contributed by atoms with E-state index in [1.54, 1.807) is 22.9 Å². The van der Waals surface area contributed by atoms with Gasteiger partial charge in [-0.2, -0.15) is 4.98 Å². The molecule has 3 aliphatic rings. The normalized spacial score (nSPS) is 20.0. The van der Waals surface area contributed by atoms with E-state index in [-0.39, 0.29) is 47.9 Å². The zero-order chi connectivity index (χ0) is 37.3. The standard InChI is InChI=1S/C39H44BrN5O8/c1-51-37(49)33(42-39(50)52-23-32-30-10-4-2-8-28(30)29-9-3-5-11-31(29)32)12-6-7-20-41-38-43-34(19-21-44(38)35-18-17-27(22-46)53-35)45(24-47)36(48)25-13-15-26(40)16-14-25/h2-5,8-11,13-15,19,21,26-27,32-33,35,46-47H,6-7,12,16-18,20,22-24H2,1H3,(H,42,50)/t26?,27-,33-,35+/m0/s1. The van der Waals surface area contributed by atoms with Crippen LogP contribution in [-0.4, -0.2) is 88.3 Å². The van der Waals surface area contributed by atoms with E-state index in [1.165, 1.54) is 12.0 Å². The fraction of sp³-hybridized carbons (Fsp3) is 0.410. The van der Waals surface area contributed by atoms with Crippen LogP contribution >= 0.6 is 15.9 Å². The van der Waals surface area contributed by atoms with Crippen LogP contribution in [0.2, 0.25) is 0 Å². The minimum absolute atomic E-state index is 0.106. The lowest BCUT2D eigenvalue weighted by molar-refractivity contribution is -0.143. The number of hydrogen-bond acceptors (Lipinski definition) is 10. The van der Waals surface area contributed by atoms with Crippen molar-refractivity contribution in [3.8, 4) is 11.1 Å². The van der Waals surface area contributed by atoms with E-state index in [1.807, 2.05) is 48.6 Å². The van der Waals surface area contributed by atoms with Crippen molar-refractivity contribution in [2.45, 2.75) is 67.6 Å². The molecule has 1 fully saturated rings. The molecule has 0 bridgehead atoms. The molecule has 3 aromatic rings. The van der Waals surface area contributed by atoms with Crippen molar-refractivity contribution < 1.29 is 38.8 Å². The number of ether oxygens (including phenoxy) is 3. The van der Waals surface area contributed by atoms with Gasteiger partial charge in [-0.3, -0.25) is 19.3 Å². The zero-order valence-corrected chi connectivity index (χ0v) is 31.1. The molecule has 2 heterocycles. The number of amides is 2. The number of allylic oxidation sites excluding steroid dienone is 2. The number of anilines is 1. The lowest BCUT2D eigenvalue weighted by atomic mass is 9.98. The Morgan fingerprint density at radius 3 is 2.45 bits per heavy atom. The SMILES string of the molecule is COC(=O)[C@H](CCCCN=c1nc(N(CO)C(=O)C2=CCC(Br)C=C2)ccn1[C@H]1CC[C@@H](CO)O1)NC(=O)OCC1c2ccccc2-c2ccccc21. The Bertz CT molecular complexity index is 1880. The zero-order valence-electron chi connectivity index (χ0n) is 29.5.